The maximum absolute atomic E-state index is 8.76. The lowest BCUT2D eigenvalue weighted by Gasteiger charge is -2.15. The molecule has 1 saturated heterocycles. The lowest BCUT2D eigenvalue weighted by atomic mass is 10.1. The van der Waals surface area contributed by atoms with E-state index >= 15 is 0 Å². The van der Waals surface area contributed by atoms with E-state index in [1.807, 2.05) is 12.1 Å². The lowest BCUT2D eigenvalue weighted by molar-refractivity contribution is 0.318. The van der Waals surface area contributed by atoms with Crippen molar-refractivity contribution in [2.24, 2.45) is 11.7 Å². The van der Waals surface area contributed by atoms with Crippen molar-refractivity contribution in [3.8, 4) is 6.07 Å². The highest BCUT2D eigenvalue weighted by atomic mass is 15.1. The Kier molecular flexibility index (Phi) is 3.50. The molecule has 1 aromatic rings. The number of nitriles is 1. The average molecular weight is 216 g/mol. The second-order valence-corrected chi connectivity index (χ2v) is 4.29. The fraction of sp³-hybridized carbons (Fsp3) is 0.500. The van der Waals surface area contributed by atoms with Crippen LogP contribution in [0.4, 0.5) is 0 Å². The first-order chi connectivity index (χ1) is 7.81. The molecule has 1 unspecified atom stereocenters. The number of hydrogen-bond donors (Lipinski definition) is 1. The molecule has 2 N–H and O–H groups in total. The molecule has 0 spiro atoms. The molecule has 1 atom stereocenters. The molecular weight excluding hydrogens is 200 g/mol. The summed E-state index contributed by atoms with van der Waals surface area (Å²) in [6.45, 7) is 3.84. The van der Waals surface area contributed by atoms with Crippen LogP contribution in [-0.4, -0.2) is 29.5 Å². The minimum Gasteiger partial charge on any atom is -0.330 e. The van der Waals surface area contributed by atoms with Crippen LogP contribution in [-0.2, 0) is 6.54 Å². The van der Waals surface area contributed by atoms with E-state index in [2.05, 4.69) is 16.0 Å². The number of likely N-dealkylation sites (tertiary alicyclic amines) is 1. The maximum atomic E-state index is 8.76. The van der Waals surface area contributed by atoms with Gasteiger partial charge in [0.15, 0.2) is 0 Å². The minimum atomic E-state index is 0.493. The average Bonchev–Trinajstić information content (AvgIpc) is 2.77. The summed E-state index contributed by atoms with van der Waals surface area (Å²) in [5.74, 6) is 0.636. The van der Waals surface area contributed by atoms with Crippen molar-refractivity contribution in [1.82, 2.24) is 9.88 Å². The lowest BCUT2D eigenvalue weighted by Crippen LogP contribution is -2.22. The Balaban J connectivity index is 1.97. The van der Waals surface area contributed by atoms with Crippen molar-refractivity contribution in [2.45, 2.75) is 13.0 Å². The largest absolute Gasteiger partial charge is 0.330 e. The summed E-state index contributed by atoms with van der Waals surface area (Å²) in [7, 11) is 0. The fourth-order valence-electron chi connectivity index (χ4n) is 2.14. The summed E-state index contributed by atoms with van der Waals surface area (Å²) in [6, 6.07) is 5.89. The van der Waals surface area contributed by atoms with Crippen LogP contribution >= 0.6 is 0 Å². The van der Waals surface area contributed by atoms with Crippen molar-refractivity contribution in [2.75, 3.05) is 19.6 Å². The minimum absolute atomic E-state index is 0.493. The van der Waals surface area contributed by atoms with Gasteiger partial charge in [0.1, 0.15) is 11.8 Å². The van der Waals surface area contributed by atoms with Gasteiger partial charge in [0.05, 0.1) is 0 Å². The topological polar surface area (TPSA) is 65.9 Å². The first-order valence-corrected chi connectivity index (χ1v) is 5.59. The Labute approximate surface area is 95.7 Å². The molecule has 84 valence electrons. The Morgan fingerprint density at radius 1 is 1.62 bits per heavy atom. The van der Waals surface area contributed by atoms with Gasteiger partial charge in [-0.15, -0.1) is 0 Å². The van der Waals surface area contributed by atoms with Crippen LogP contribution in [0.2, 0.25) is 0 Å². The third-order valence-corrected chi connectivity index (χ3v) is 3.05. The van der Waals surface area contributed by atoms with E-state index < -0.39 is 0 Å². The molecule has 0 aromatic carbocycles. The summed E-state index contributed by atoms with van der Waals surface area (Å²) < 4.78 is 0. The van der Waals surface area contributed by atoms with Crippen molar-refractivity contribution < 1.29 is 0 Å². The first kappa shape index (κ1) is 11.1. The van der Waals surface area contributed by atoms with Crippen LogP contribution in [0.15, 0.2) is 18.3 Å². The molecule has 4 heteroatoms. The number of nitrogens with zero attached hydrogens (tertiary/aromatic N) is 3. The molecule has 0 saturated carbocycles. The molecule has 2 heterocycles. The molecular formula is C12H16N4. The van der Waals surface area contributed by atoms with Crippen molar-refractivity contribution >= 4 is 0 Å². The number of hydrogen-bond acceptors (Lipinski definition) is 4. The van der Waals surface area contributed by atoms with E-state index in [1.165, 1.54) is 6.42 Å². The highest BCUT2D eigenvalue weighted by Gasteiger charge is 2.20. The van der Waals surface area contributed by atoms with Crippen molar-refractivity contribution in [1.29, 1.82) is 5.26 Å². The van der Waals surface area contributed by atoms with E-state index in [9.17, 15) is 0 Å². The van der Waals surface area contributed by atoms with Gasteiger partial charge in [0.25, 0.3) is 0 Å². The van der Waals surface area contributed by atoms with Gasteiger partial charge in [0.2, 0.25) is 0 Å². The normalized spacial score (nSPS) is 20.9. The van der Waals surface area contributed by atoms with E-state index in [1.54, 1.807) is 6.20 Å². The zero-order chi connectivity index (χ0) is 11.4. The zero-order valence-corrected chi connectivity index (χ0v) is 9.26. The van der Waals surface area contributed by atoms with Crippen molar-refractivity contribution in [3.63, 3.8) is 0 Å². The quantitative estimate of drug-likeness (QED) is 0.809. The highest BCUT2D eigenvalue weighted by Crippen LogP contribution is 2.17. The van der Waals surface area contributed by atoms with Crippen LogP contribution in [0.25, 0.3) is 0 Å². The monoisotopic (exact) mass is 216 g/mol. The van der Waals surface area contributed by atoms with Gasteiger partial charge in [-0.3, -0.25) is 4.90 Å². The van der Waals surface area contributed by atoms with E-state index in [-0.39, 0.29) is 0 Å². The van der Waals surface area contributed by atoms with Crippen LogP contribution in [0.3, 0.4) is 0 Å². The van der Waals surface area contributed by atoms with E-state index in [0.29, 0.717) is 11.6 Å². The summed E-state index contributed by atoms with van der Waals surface area (Å²) >= 11 is 0. The van der Waals surface area contributed by atoms with E-state index in [4.69, 9.17) is 11.0 Å². The second kappa shape index (κ2) is 5.06. The third-order valence-electron chi connectivity index (χ3n) is 3.05. The van der Waals surface area contributed by atoms with Gasteiger partial charge < -0.3 is 5.73 Å². The molecule has 1 fully saturated rings. The number of nitrogens with two attached hydrogens (primary N) is 1. The van der Waals surface area contributed by atoms with Crippen molar-refractivity contribution in [3.05, 3.63) is 29.6 Å². The third kappa shape index (κ3) is 2.57. The summed E-state index contributed by atoms with van der Waals surface area (Å²) in [5.41, 5.74) is 7.30. The predicted molar refractivity (Wildman–Crippen MR) is 61.4 cm³/mol. The highest BCUT2D eigenvalue weighted by molar-refractivity contribution is 5.25. The van der Waals surface area contributed by atoms with E-state index in [0.717, 1.165) is 31.7 Å². The Bertz CT molecular complexity index is 396. The predicted octanol–water partition coefficient (Wildman–Crippen LogP) is 0.734. The Morgan fingerprint density at radius 2 is 2.50 bits per heavy atom. The fourth-order valence-corrected chi connectivity index (χ4v) is 2.14. The summed E-state index contributed by atoms with van der Waals surface area (Å²) in [6.07, 6.45) is 2.89. The second-order valence-electron chi connectivity index (χ2n) is 4.29. The van der Waals surface area contributed by atoms with Crippen LogP contribution in [0.1, 0.15) is 17.7 Å². The number of aromatic nitrogens is 1. The van der Waals surface area contributed by atoms with Gasteiger partial charge >= 0.3 is 0 Å². The molecule has 1 aliphatic heterocycles. The molecule has 4 nitrogen and oxygen atoms in total. The van der Waals surface area contributed by atoms with Gasteiger partial charge in [-0.2, -0.15) is 5.26 Å². The van der Waals surface area contributed by atoms with Gasteiger partial charge in [-0.05, 0) is 43.1 Å². The standard InChI is InChI=1S/C12H16N4/c13-6-11-2-4-16(9-11)8-10-1-3-15-12(5-10)7-14/h1,3,5,11H,2,4,6,8-9,13H2. The van der Waals surface area contributed by atoms with Gasteiger partial charge in [-0.1, -0.05) is 0 Å². The molecule has 0 amide bonds. The number of pyridine rings is 1. The molecule has 2 rings (SSSR count). The van der Waals surface area contributed by atoms with Crippen LogP contribution in [0, 0.1) is 17.2 Å². The molecule has 0 radical (unpaired) electrons. The zero-order valence-electron chi connectivity index (χ0n) is 9.26. The SMILES string of the molecule is N#Cc1cc(CN2CCC(CN)C2)ccn1. The Hall–Kier alpha value is -1.44. The van der Waals surface area contributed by atoms with Crippen LogP contribution < -0.4 is 5.73 Å². The molecule has 1 aromatic heterocycles. The molecule has 0 aliphatic carbocycles. The van der Waals surface area contributed by atoms with Gasteiger partial charge in [-0.25, -0.2) is 4.98 Å². The molecule has 1 aliphatic rings. The Morgan fingerprint density at radius 3 is 3.19 bits per heavy atom. The molecule has 0 bridgehead atoms. The number of rotatable bonds is 3. The van der Waals surface area contributed by atoms with Gasteiger partial charge in [0, 0.05) is 19.3 Å². The van der Waals surface area contributed by atoms with Crippen LogP contribution in [0.5, 0.6) is 0 Å². The maximum Gasteiger partial charge on any atom is 0.140 e. The molecule has 16 heavy (non-hydrogen) atoms. The smallest absolute Gasteiger partial charge is 0.140 e. The first-order valence-electron chi connectivity index (χ1n) is 5.59. The summed E-state index contributed by atoms with van der Waals surface area (Å²) in [4.78, 5) is 6.35. The summed E-state index contributed by atoms with van der Waals surface area (Å²) in [5, 5.41) is 8.76.